The van der Waals surface area contributed by atoms with Gasteiger partial charge >= 0.3 is 5.69 Å². The van der Waals surface area contributed by atoms with E-state index in [1.54, 1.807) is 6.08 Å². The van der Waals surface area contributed by atoms with E-state index in [1.807, 2.05) is 0 Å². The van der Waals surface area contributed by atoms with Crippen LogP contribution in [0.5, 0.6) is 0 Å². The molecule has 5 N–H and O–H groups in total. The van der Waals surface area contributed by atoms with E-state index in [9.17, 15) is 14.7 Å². The third kappa shape index (κ3) is 2.82. The van der Waals surface area contributed by atoms with Gasteiger partial charge in [0.05, 0.1) is 12.7 Å². The summed E-state index contributed by atoms with van der Waals surface area (Å²) in [6.45, 7) is -0.335. The fourth-order valence-electron chi connectivity index (χ4n) is 2.13. The third-order valence-corrected chi connectivity index (χ3v) is 3.21. The number of aromatic nitrogens is 2. The van der Waals surface area contributed by atoms with E-state index in [1.165, 1.54) is 17.0 Å². The fraction of sp³-hybridized carbons (Fsp3) is 0.500. The number of hydrogen-bond acceptors (Lipinski definition) is 6. The highest BCUT2D eigenvalue weighted by Gasteiger charge is 2.35. The molecule has 0 radical (unpaired) electrons. The summed E-state index contributed by atoms with van der Waals surface area (Å²) in [5, 5.41) is 18.7. The number of aromatic amines is 1. The van der Waals surface area contributed by atoms with Gasteiger partial charge in [-0.15, -0.1) is 0 Å². The molecule has 1 aliphatic heterocycles. The zero-order valence-electron chi connectivity index (χ0n) is 10.7. The van der Waals surface area contributed by atoms with Crippen molar-refractivity contribution in [3.8, 4) is 0 Å². The van der Waals surface area contributed by atoms with Gasteiger partial charge in [-0.05, 0) is 12.6 Å². The minimum atomic E-state index is -0.851. The molecule has 1 fully saturated rings. The Bertz CT molecular complexity index is 606. The van der Waals surface area contributed by atoms with Crippen molar-refractivity contribution >= 4 is 0 Å². The summed E-state index contributed by atoms with van der Waals surface area (Å²) in [5.74, 6) is 0. The van der Waals surface area contributed by atoms with Crippen molar-refractivity contribution in [3.05, 3.63) is 44.9 Å². The first-order valence-corrected chi connectivity index (χ1v) is 6.22. The Morgan fingerprint density at radius 1 is 1.55 bits per heavy atom. The first-order valence-electron chi connectivity index (χ1n) is 6.22. The number of hydrogen-bond donors (Lipinski definition) is 4. The molecule has 1 saturated heterocycles. The van der Waals surface area contributed by atoms with Crippen molar-refractivity contribution in [2.75, 3.05) is 6.61 Å². The van der Waals surface area contributed by atoms with Crippen LogP contribution < -0.4 is 17.0 Å². The van der Waals surface area contributed by atoms with Gasteiger partial charge in [0.15, 0.2) is 0 Å². The normalized spacial score (nSPS) is 26.4. The van der Waals surface area contributed by atoms with Gasteiger partial charge in [-0.25, -0.2) is 4.79 Å². The molecule has 0 aliphatic carbocycles. The molecule has 0 amide bonds. The molecule has 8 heteroatoms. The summed E-state index contributed by atoms with van der Waals surface area (Å²) in [6.07, 6.45) is 2.44. The SMILES string of the molecule is NC=CCc1cn([C@@H]2CC(O)[C@H](CO)O2)c(=O)[nH]c1=O. The van der Waals surface area contributed by atoms with Crippen molar-refractivity contribution in [2.45, 2.75) is 31.3 Å². The number of nitrogens with zero attached hydrogens (tertiary/aromatic N) is 1. The van der Waals surface area contributed by atoms with E-state index in [0.29, 0.717) is 5.56 Å². The van der Waals surface area contributed by atoms with E-state index in [0.717, 1.165) is 0 Å². The maximum Gasteiger partial charge on any atom is 0.330 e. The standard InChI is InChI=1S/C12H17N3O5/c13-3-1-2-7-5-15(12(19)14-11(7)18)10-4-8(17)9(6-16)20-10/h1,3,5,8-10,16-17H,2,4,6,13H2,(H,14,18,19)/t8?,9-,10-/m0/s1. The highest BCUT2D eigenvalue weighted by Crippen LogP contribution is 2.27. The van der Waals surface area contributed by atoms with Crippen LogP contribution in [-0.2, 0) is 11.2 Å². The van der Waals surface area contributed by atoms with Gasteiger partial charge < -0.3 is 20.7 Å². The molecule has 0 spiro atoms. The van der Waals surface area contributed by atoms with Gasteiger partial charge in [-0.1, -0.05) is 6.08 Å². The second kappa shape index (κ2) is 6.04. The largest absolute Gasteiger partial charge is 0.405 e. The summed E-state index contributed by atoms with van der Waals surface area (Å²) in [5.41, 5.74) is 4.48. The molecule has 0 saturated carbocycles. The Hall–Kier alpha value is -1.90. The molecule has 20 heavy (non-hydrogen) atoms. The van der Waals surface area contributed by atoms with Gasteiger partial charge in [0.1, 0.15) is 12.3 Å². The Labute approximate surface area is 114 Å². The predicted molar refractivity (Wildman–Crippen MR) is 70.0 cm³/mol. The second-order valence-electron chi connectivity index (χ2n) is 4.57. The molecule has 0 aromatic carbocycles. The minimum Gasteiger partial charge on any atom is -0.405 e. The van der Waals surface area contributed by atoms with Crippen LogP contribution in [0, 0.1) is 0 Å². The van der Waals surface area contributed by atoms with Crippen LogP contribution in [0.3, 0.4) is 0 Å². The summed E-state index contributed by atoms with van der Waals surface area (Å²) in [6, 6.07) is 0. The van der Waals surface area contributed by atoms with Crippen LogP contribution in [0.1, 0.15) is 18.2 Å². The molecule has 3 atom stereocenters. The van der Waals surface area contributed by atoms with Crippen LogP contribution in [0.4, 0.5) is 0 Å². The Morgan fingerprint density at radius 3 is 2.90 bits per heavy atom. The van der Waals surface area contributed by atoms with Crippen molar-refractivity contribution in [2.24, 2.45) is 5.73 Å². The van der Waals surface area contributed by atoms with Gasteiger partial charge in [-0.3, -0.25) is 14.3 Å². The molecule has 1 aromatic rings. The second-order valence-corrected chi connectivity index (χ2v) is 4.57. The average molecular weight is 283 g/mol. The number of nitrogens with one attached hydrogen (secondary N) is 1. The summed E-state index contributed by atoms with van der Waals surface area (Å²) in [4.78, 5) is 25.6. The van der Waals surface area contributed by atoms with Gasteiger partial charge in [0, 0.05) is 18.2 Å². The van der Waals surface area contributed by atoms with Crippen LogP contribution >= 0.6 is 0 Å². The van der Waals surface area contributed by atoms with Crippen LogP contribution in [-0.4, -0.2) is 38.6 Å². The lowest BCUT2D eigenvalue weighted by Crippen LogP contribution is -2.34. The molecule has 1 aliphatic rings. The number of nitrogens with two attached hydrogens (primary N) is 1. The lowest BCUT2D eigenvalue weighted by atomic mass is 10.2. The third-order valence-electron chi connectivity index (χ3n) is 3.21. The number of allylic oxidation sites excluding steroid dienone is 1. The Kier molecular flexibility index (Phi) is 4.38. The van der Waals surface area contributed by atoms with Crippen molar-refractivity contribution < 1.29 is 14.9 Å². The van der Waals surface area contributed by atoms with Crippen LogP contribution in [0.25, 0.3) is 0 Å². The van der Waals surface area contributed by atoms with Gasteiger partial charge in [0.25, 0.3) is 5.56 Å². The fourth-order valence-corrected chi connectivity index (χ4v) is 2.13. The number of aliphatic hydroxyl groups is 2. The van der Waals surface area contributed by atoms with Crippen molar-refractivity contribution in [1.29, 1.82) is 0 Å². The minimum absolute atomic E-state index is 0.170. The molecule has 2 rings (SSSR count). The predicted octanol–water partition coefficient (Wildman–Crippen LogP) is -1.81. The van der Waals surface area contributed by atoms with Crippen LogP contribution in [0.15, 0.2) is 28.1 Å². The summed E-state index contributed by atoms with van der Waals surface area (Å²) in [7, 11) is 0. The van der Waals surface area contributed by atoms with E-state index in [2.05, 4.69) is 4.98 Å². The quantitative estimate of drug-likeness (QED) is 0.515. The highest BCUT2D eigenvalue weighted by atomic mass is 16.5. The number of H-pyrrole nitrogens is 1. The number of aliphatic hydroxyl groups excluding tert-OH is 2. The molecule has 1 unspecified atom stereocenters. The lowest BCUT2D eigenvalue weighted by Gasteiger charge is -2.15. The highest BCUT2D eigenvalue weighted by molar-refractivity contribution is 5.09. The van der Waals surface area contributed by atoms with E-state index in [-0.39, 0.29) is 19.4 Å². The molecule has 110 valence electrons. The molecular formula is C12H17N3O5. The summed E-state index contributed by atoms with van der Waals surface area (Å²) < 4.78 is 6.60. The lowest BCUT2D eigenvalue weighted by molar-refractivity contribution is -0.0459. The Morgan fingerprint density at radius 2 is 2.30 bits per heavy atom. The first kappa shape index (κ1) is 14.5. The maximum absolute atomic E-state index is 11.8. The van der Waals surface area contributed by atoms with Crippen LogP contribution in [0.2, 0.25) is 0 Å². The topological polar surface area (TPSA) is 131 Å². The molecular weight excluding hydrogens is 266 g/mol. The summed E-state index contributed by atoms with van der Waals surface area (Å²) >= 11 is 0. The average Bonchev–Trinajstić information content (AvgIpc) is 2.79. The van der Waals surface area contributed by atoms with Crippen molar-refractivity contribution in [1.82, 2.24) is 9.55 Å². The molecule has 0 bridgehead atoms. The smallest absolute Gasteiger partial charge is 0.330 e. The zero-order valence-corrected chi connectivity index (χ0v) is 10.7. The van der Waals surface area contributed by atoms with E-state index < -0.39 is 29.7 Å². The maximum atomic E-state index is 11.8. The first-order chi connectivity index (χ1) is 9.56. The van der Waals surface area contributed by atoms with Crippen molar-refractivity contribution in [3.63, 3.8) is 0 Å². The number of ether oxygens (including phenoxy) is 1. The van der Waals surface area contributed by atoms with E-state index in [4.69, 9.17) is 15.6 Å². The zero-order chi connectivity index (χ0) is 14.7. The van der Waals surface area contributed by atoms with Gasteiger partial charge in [-0.2, -0.15) is 0 Å². The van der Waals surface area contributed by atoms with Gasteiger partial charge in [0.2, 0.25) is 0 Å². The molecule has 2 heterocycles. The molecule has 8 nitrogen and oxygen atoms in total. The van der Waals surface area contributed by atoms with E-state index >= 15 is 0 Å². The molecule has 1 aromatic heterocycles. The number of rotatable bonds is 4. The monoisotopic (exact) mass is 283 g/mol. The Balaban J connectivity index is 2.32.